The van der Waals surface area contributed by atoms with Crippen molar-refractivity contribution >= 4 is 36.9 Å². The van der Waals surface area contributed by atoms with Gasteiger partial charge in [0, 0.05) is 5.56 Å². The summed E-state index contributed by atoms with van der Waals surface area (Å²) in [4.78, 5) is 11.2. The third-order valence-electron chi connectivity index (χ3n) is 1.89. The van der Waals surface area contributed by atoms with Crippen LogP contribution in [0.3, 0.4) is 0 Å². The Morgan fingerprint density at radius 3 is 3.18 bits per heavy atom. The summed E-state index contributed by atoms with van der Waals surface area (Å²) >= 11 is 1.46. The largest absolute Gasteiger partial charge is 0.307 e. The number of fused-ring (bicyclic) bond motifs is 1. The number of rotatable bonds is 0. The molecule has 1 aromatic heterocycles. The minimum absolute atomic E-state index is 0.102. The highest BCUT2D eigenvalue weighted by Crippen LogP contribution is 2.18. The summed E-state index contributed by atoms with van der Waals surface area (Å²) in [7, 11) is 7.34. The molecule has 0 saturated heterocycles. The van der Waals surface area contributed by atoms with Crippen molar-refractivity contribution in [3.05, 3.63) is 16.5 Å². The highest BCUT2D eigenvalue weighted by atomic mass is 32.1. The van der Waals surface area contributed by atoms with Crippen molar-refractivity contribution in [3.63, 3.8) is 0 Å². The van der Waals surface area contributed by atoms with Crippen LogP contribution in [0.5, 0.6) is 0 Å². The van der Waals surface area contributed by atoms with Gasteiger partial charge in [0.15, 0.2) is 0 Å². The van der Waals surface area contributed by atoms with Gasteiger partial charge < -0.3 is 4.79 Å². The summed E-state index contributed by atoms with van der Waals surface area (Å²) in [5.74, 6) is 0. The predicted molar refractivity (Wildman–Crippen MR) is 48.3 cm³/mol. The van der Waals surface area contributed by atoms with Crippen LogP contribution in [0.4, 0.5) is 0 Å². The number of hydrogen-bond donors (Lipinski definition) is 0. The average Bonchev–Trinajstić information content (AvgIpc) is 2.34. The molecule has 0 unspecified atom stereocenters. The summed E-state index contributed by atoms with van der Waals surface area (Å²) < 4.78 is 0.668. The zero-order valence-electron chi connectivity index (χ0n) is 5.96. The van der Waals surface area contributed by atoms with Crippen LogP contribution in [0.2, 0.25) is 6.32 Å². The molecule has 0 aromatic carbocycles. The molecular formula is C7H5B2OS. The van der Waals surface area contributed by atoms with Crippen LogP contribution in [0, 0.1) is 0 Å². The van der Waals surface area contributed by atoms with Crippen molar-refractivity contribution in [2.75, 3.05) is 0 Å². The summed E-state index contributed by atoms with van der Waals surface area (Å²) in [6, 6.07) is 0. The van der Waals surface area contributed by atoms with Gasteiger partial charge in [-0.05, 0) is 22.1 Å². The molecule has 0 spiro atoms. The Morgan fingerprint density at radius 2 is 2.45 bits per heavy atom. The van der Waals surface area contributed by atoms with Gasteiger partial charge in [-0.3, -0.25) is 0 Å². The molecule has 0 N–H and O–H groups in total. The van der Waals surface area contributed by atoms with E-state index < -0.39 is 0 Å². The molecule has 0 atom stereocenters. The zero-order chi connectivity index (χ0) is 7.84. The zero-order valence-corrected chi connectivity index (χ0v) is 6.78. The van der Waals surface area contributed by atoms with Gasteiger partial charge in [0.25, 0.3) is 0 Å². The maximum Gasteiger partial charge on any atom is 0.209 e. The normalized spacial score (nSPS) is 15.8. The van der Waals surface area contributed by atoms with Gasteiger partial charge in [0.05, 0.1) is 0 Å². The molecule has 3 radical (unpaired) electrons. The second-order valence-electron chi connectivity index (χ2n) is 2.61. The van der Waals surface area contributed by atoms with Gasteiger partial charge in [0.2, 0.25) is 7.28 Å². The minimum Gasteiger partial charge on any atom is -0.307 e. The van der Waals surface area contributed by atoms with Crippen LogP contribution < -0.4 is 4.78 Å². The SMILES string of the molecule is [B]c1scc2c1C(=O)[B]CC2. The first-order valence-electron chi connectivity index (χ1n) is 3.52. The molecule has 4 heteroatoms. The highest BCUT2D eigenvalue weighted by Gasteiger charge is 2.20. The van der Waals surface area contributed by atoms with Crippen LogP contribution in [-0.4, -0.2) is 20.8 Å². The number of hydrogen-bond acceptors (Lipinski definition) is 2. The Bertz CT molecular complexity index is 305. The molecule has 2 heterocycles. The fourth-order valence-electron chi connectivity index (χ4n) is 1.34. The van der Waals surface area contributed by atoms with Gasteiger partial charge in [-0.25, -0.2) is 0 Å². The van der Waals surface area contributed by atoms with Gasteiger partial charge in [-0.15, -0.1) is 0 Å². The molecule has 1 aliphatic rings. The van der Waals surface area contributed by atoms with E-state index in [-0.39, 0.29) is 5.68 Å². The topological polar surface area (TPSA) is 17.1 Å². The molecule has 0 aliphatic carbocycles. The van der Waals surface area contributed by atoms with Crippen molar-refractivity contribution in [1.82, 2.24) is 0 Å². The Hall–Kier alpha value is -0.500. The lowest BCUT2D eigenvalue weighted by Crippen LogP contribution is -2.22. The maximum atomic E-state index is 11.2. The third-order valence-corrected chi connectivity index (χ3v) is 2.75. The first-order valence-corrected chi connectivity index (χ1v) is 4.40. The van der Waals surface area contributed by atoms with Crippen LogP contribution in [-0.2, 0) is 6.42 Å². The Balaban J connectivity index is 2.56. The van der Waals surface area contributed by atoms with E-state index in [4.69, 9.17) is 7.85 Å². The second kappa shape index (κ2) is 2.52. The van der Waals surface area contributed by atoms with Crippen LogP contribution in [0.15, 0.2) is 5.38 Å². The molecule has 0 bridgehead atoms. The molecule has 0 amide bonds. The molecule has 1 nitrogen and oxygen atoms in total. The van der Waals surface area contributed by atoms with Gasteiger partial charge in [-0.1, -0.05) is 6.32 Å². The van der Waals surface area contributed by atoms with Gasteiger partial charge >= 0.3 is 0 Å². The summed E-state index contributed by atoms with van der Waals surface area (Å²) in [6.07, 6.45) is 1.83. The van der Waals surface area contributed by atoms with E-state index in [0.29, 0.717) is 4.78 Å². The fourth-order valence-corrected chi connectivity index (χ4v) is 2.19. The van der Waals surface area contributed by atoms with Crippen LogP contribution >= 0.6 is 11.3 Å². The molecule has 0 saturated carbocycles. The van der Waals surface area contributed by atoms with E-state index in [1.165, 1.54) is 11.3 Å². The van der Waals surface area contributed by atoms with Crippen molar-refractivity contribution in [2.45, 2.75) is 12.7 Å². The lowest BCUT2D eigenvalue weighted by Gasteiger charge is -2.09. The number of thiophene rings is 1. The molecule has 11 heavy (non-hydrogen) atoms. The predicted octanol–water partition coefficient (Wildman–Crippen LogP) is 0.361. The standard InChI is InChI=1S/C7H5B2OS/c8-6-5-4(3-11-6)1-2-9-7(5)10/h3H,1-2H2. The Kier molecular flexibility index (Phi) is 1.64. The van der Waals surface area contributed by atoms with E-state index in [0.717, 1.165) is 23.9 Å². The fraction of sp³-hybridized carbons (Fsp3) is 0.286. The summed E-state index contributed by atoms with van der Waals surface area (Å²) in [5, 5.41) is 1.98. The van der Waals surface area contributed by atoms with Crippen molar-refractivity contribution in [2.24, 2.45) is 0 Å². The smallest absolute Gasteiger partial charge is 0.209 e. The Morgan fingerprint density at radius 1 is 1.64 bits per heavy atom. The third kappa shape index (κ3) is 1.06. The molecular weight excluding hydrogens is 154 g/mol. The van der Waals surface area contributed by atoms with Crippen molar-refractivity contribution < 1.29 is 4.79 Å². The lowest BCUT2D eigenvalue weighted by atomic mass is 9.61. The van der Waals surface area contributed by atoms with Gasteiger partial charge in [-0.2, -0.15) is 11.3 Å². The number of carbonyl (C=O) groups is 1. The van der Waals surface area contributed by atoms with Crippen molar-refractivity contribution in [1.29, 1.82) is 0 Å². The summed E-state index contributed by atoms with van der Waals surface area (Å²) in [5.41, 5.74) is 1.98. The van der Waals surface area contributed by atoms with E-state index >= 15 is 0 Å². The van der Waals surface area contributed by atoms with E-state index in [9.17, 15) is 4.79 Å². The van der Waals surface area contributed by atoms with Gasteiger partial charge in [0.1, 0.15) is 13.5 Å². The summed E-state index contributed by atoms with van der Waals surface area (Å²) in [6.45, 7) is 0. The molecule has 51 valence electrons. The molecule has 1 aliphatic heterocycles. The lowest BCUT2D eigenvalue weighted by molar-refractivity contribution is 0.107. The van der Waals surface area contributed by atoms with E-state index in [1.807, 2.05) is 5.38 Å². The maximum absolute atomic E-state index is 11.2. The average molecular weight is 159 g/mol. The monoisotopic (exact) mass is 159 g/mol. The Labute approximate surface area is 71.5 Å². The van der Waals surface area contributed by atoms with Crippen molar-refractivity contribution in [3.8, 4) is 0 Å². The van der Waals surface area contributed by atoms with E-state index in [2.05, 4.69) is 0 Å². The molecule has 1 aromatic rings. The van der Waals surface area contributed by atoms with Crippen LogP contribution in [0.1, 0.15) is 15.9 Å². The first kappa shape index (κ1) is 7.17. The molecule has 2 rings (SSSR count). The van der Waals surface area contributed by atoms with E-state index in [1.54, 1.807) is 7.28 Å². The quantitative estimate of drug-likeness (QED) is 0.499. The number of aryl methyl sites for hydroxylation is 1. The number of carbonyl (C=O) groups excluding carboxylic acids is 1. The minimum atomic E-state index is 0.102. The highest BCUT2D eigenvalue weighted by molar-refractivity contribution is 7.19. The molecule has 0 fully saturated rings. The second-order valence-corrected chi connectivity index (χ2v) is 3.52. The van der Waals surface area contributed by atoms with Crippen LogP contribution in [0.25, 0.3) is 0 Å². The first-order chi connectivity index (χ1) is 5.29.